The van der Waals surface area contributed by atoms with Crippen LogP contribution in [-0.2, 0) is 4.79 Å². The van der Waals surface area contributed by atoms with E-state index in [0.717, 1.165) is 6.42 Å². The summed E-state index contributed by atoms with van der Waals surface area (Å²) in [5.41, 5.74) is 0. The van der Waals surface area contributed by atoms with Crippen molar-refractivity contribution in [1.29, 1.82) is 0 Å². The van der Waals surface area contributed by atoms with Gasteiger partial charge in [-0.25, -0.2) is 0 Å². The lowest BCUT2D eigenvalue weighted by molar-refractivity contribution is -0.121. The van der Waals surface area contributed by atoms with E-state index in [2.05, 4.69) is 12.0 Å². The molecule has 0 aromatic carbocycles. The maximum Gasteiger partial charge on any atom is 0.258 e. The van der Waals surface area contributed by atoms with Gasteiger partial charge in [0.05, 0.1) is 6.54 Å². The molecule has 1 heterocycles. The van der Waals surface area contributed by atoms with Crippen molar-refractivity contribution >= 4 is 5.91 Å². The van der Waals surface area contributed by atoms with Crippen LogP contribution in [0.3, 0.4) is 0 Å². The average molecular weight is 135 g/mol. The zero-order chi connectivity index (χ0) is 7.40. The number of hydrogen-bond donors (Lipinski definition) is 0. The molecule has 0 fully saturated rings. The van der Waals surface area contributed by atoms with E-state index in [9.17, 15) is 4.79 Å². The molecular formula is C8H9NO. The van der Waals surface area contributed by atoms with Crippen molar-refractivity contribution in [2.24, 2.45) is 0 Å². The predicted molar refractivity (Wildman–Crippen MR) is 38.9 cm³/mol. The van der Waals surface area contributed by atoms with Crippen molar-refractivity contribution in [3.05, 3.63) is 12.2 Å². The minimum atomic E-state index is 0.000880. The fourth-order valence-electron chi connectivity index (χ4n) is 0.714. The van der Waals surface area contributed by atoms with Crippen molar-refractivity contribution in [2.75, 3.05) is 6.54 Å². The zero-order valence-corrected chi connectivity index (χ0v) is 5.92. The predicted octanol–water partition coefficient (Wildman–Crippen LogP) is 0.756. The number of hydrogen-bond acceptors (Lipinski definition) is 1. The van der Waals surface area contributed by atoms with Crippen LogP contribution in [0, 0.1) is 12.0 Å². The van der Waals surface area contributed by atoms with Gasteiger partial charge in [0.1, 0.15) is 0 Å². The maximum absolute atomic E-state index is 10.8. The van der Waals surface area contributed by atoms with Crippen LogP contribution >= 0.6 is 0 Å². The van der Waals surface area contributed by atoms with Crippen molar-refractivity contribution in [1.82, 2.24) is 4.90 Å². The summed E-state index contributed by atoms with van der Waals surface area (Å²) in [5, 5.41) is 0. The Labute approximate surface area is 60.5 Å². The summed E-state index contributed by atoms with van der Waals surface area (Å²) in [4.78, 5) is 12.3. The Morgan fingerprint density at radius 1 is 1.80 bits per heavy atom. The molecule has 0 bridgehead atoms. The second-order valence-corrected chi connectivity index (χ2v) is 1.99. The third-order valence-corrected chi connectivity index (χ3v) is 1.21. The molecule has 2 nitrogen and oxygen atoms in total. The molecule has 0 aliphatic carbocycles. The summed E-state index contributed by atoms with van der Waals surface area (Å²) in [6, 6.07) is 2.75. The molecule has 0 aromatic rings. The van der Waals surface area contributed by atoms with E-state index in [1.807, 2.05) is 13.0 Å². The largest absolute Gasteiger partial charge is 0.269 e. The molecule has 0 aromatic heterocycles. The zero-order valence-electron chi connectivity index (χ0n) is 5.92. The first-order valence-electron chi connectivity index (χ1n) is 3.31. The molecule has 0 unspecified atom stereocenters. The van der Waals surface area contributed by atoms with Crippen LogP contribution in [-0.4, -0.2) is 17.4 Å². The van der Waals surface area contributed by atoms with Crippen LogP contribution in [0.5, 0.6) is 0 Å². The number of carbonyl (C=O) groups excluding carboxylic acids is 1. The Bertz CT molecular complexity index is 219. The van der Waals surface area contributed by atoms with E-state index in [1.54, 1.807) is 6.08 Å². The molecule has 2 heteroatoms. The molecule has 0 saturated heterocycles. The highest BCUT2D eigenvalue weighted by Gasteiger charge is 2.10. The fraction of sp³-hybridized carbons (Fsp3) is 0.375. The van der Waals surface area contributed by atoms with Gasteiger partial charge in [-0.3, -0.25) is 9.69 Å². The summed E-state index contributed by atoms with van der Waals surface area (Å²) < 4.78 is 0. The van der Waals surface area contributed by atoms with Crippen LogP contribution in [0.25, 0.3) is 0 Å². The van der Waals surface area contributed by atoms with Crippen LogP contribution in [0.15, 0.2) is 12.2 Å². The number of rotatable bonds is 0. The highest BCUT2D eigenvalue weighted by Crippen LogP contribution is 1.97. The van der Waals surface area contributed by atoms with Crippen molar-refractivity contribution in [3.63, 3.8) is 0 Å². The molecule has 1 aliphatic rings. The second-order valence-electron chi connectivity index (χ2n) is 1.99. The number of carbonyl (C=O) groups is 1. The van der Waals surface area contributed by atoms with Gasteiger partial charge in [-0.05, 0) is 0 Å². The highest BCUT2D eigenvalue weighted by molar-refractivity contribution is 5.91. The lowest BCUT2D eigenvalue weighted by Gasteiger charge is -2.02. The van der Waals surface area contributed by atoms with E-state index in [0.29, 0.717) is 6.54 Å². The molecule has 52 valence electrons. The van der Waals surface area contributed by atoms with Crippen LogP contribution in [0.1, 0.15) is 13.3 Å². The molecule has 1 rings (SSSR count). The van der Waals surface area contributed by atoms with Gasteiger partial charge in [0, 0.05) is 18.5 Å². The molecule has 0 saturated carbocycles. The summed E-state index contributed by atoms with van der Waals surface area (Å²) in [6.07, 6.45) is 4.15. The molecular weight excluding hydrogens is 126 g/mol. The smallest absolute Gasteiger partial charge is 0.258 e. The Hall–Kier alpha value is -1.23. The van der Waals surface area contributed by atoms with Gasteiger partial charge in [0.25, 0.3) is 5.91 Å². The second kappa shape index (κ2) is 3.07. The molecule has 0 spiro atoms. The first-order valence-corrected chi connectivity index (χ1v) is 3.31. The minimum absolute atomic E-state index is 0.000880. The van der Waals surface area contributed by atoms with E-state index in [-0.39, 0.29) is 5.91 Å². The van der Waals surface area contributed by atoms with Gasteiger partial charge in [0.15, 0.2) is 0 Å². The summed E-state index contributed by atoms with van der Waals surface area (Å²) in [5.74, 6) is 2.84. The van der Waals surface area contributed by atoms with Crippen LogP contribution < -0.4 is 0 Å². The minimum Gasteiger partial charge on any atom is -0.269 e. The van der Waals surface area contributed by atoms with Gasteiger partial charge in [-0.2, -0.15) is 0 Å². The first kappa shape index (κ1) is 6.88. The van der Waals surface area contributed by atoms with Crippen molar-refractivity contribution < 1.29 is 4.79 Å². The summed E-state index contributed by atoms with van der Waals surface area (Å²) >= 11 is 0. The monoisotopic (exact) mass is 135 g/mol. The van der Waals surface area contributed by atoms with Gasteiger partial charge >= 0.3 is 0 Å². The average Bonchev–Trinajstić information content (AvgIpc) is 2.31. The SMILES string of the molecule is CCC#CN1CC=CC1=O. The Kier molecular flexibility index (Phi) is 2.11. The van der Waals surface area contributed by atoms with E-state index in [1.165, 1.54) is 4.90 Å². The highest BCUT2D eigenvalue weighted by atomic mass is 16.2. The van der Waals surface area contributed by atoms with Crippen molar-refractivity contribution in [2.45, 2.75) is 13.3 Å². The van der Waals surface area contributed by atoms with E-state index in [4.69, 9.17) is 0 Å². The Morgan fingerprint density at radius 3 is 3.10 bits per heavy atom. The van der Waals surface area contributed by atoms with Crippen LogP contribution in [0.2, 0.25) is 0 Å². The Balaban J connectivity index is 2.52. The molecule has 0 atom stereocenters. The third kappa shape index (κ3) is 1.38. The summed E-state index contributed by atoms with van der Waals surface area (Å²) in [7, 11) is 0. The standard InChI is InChI=1S/C8H9NO/c1-2-3-6-9-7-4-5-8(9)10/h4-5H,2,7H2,1H3. The quantitative estimate of drug-likeness (QED) is 0.449. The van der Waals surface area contributed by atoms with Gasteiger partial charge in [-0.15, -0.1) is 0 Å². The maximum atomic E-state index is 10.8. The van der Waals surface area contributed by atoms with E-state index >= 15 is 0 Å². The van der Waals surface area contributed by atoms with Crippen LogP contribution in [0.4, 0.5) is 0 Å². The molecule has 0 radical (unpaired) electrons. The fourth-order valence-corrected chi connectivity index (χ4v) is 0.714. The van der Waals surface area contributed by atoms with Gasteiger partial charge in [-0.1, -0.05) is 18.9 Å². The molecule has 1 aliphatic heterocycles. The number of nitrogens with zero attached hydrogens (tertiary/aromatic N) is 1. The molecule has 1 amide bonds. The molecule has 0 N–H and O–H groups in total. The lowest BCUT2D eigenvalue weighted by atomic mass is 10.5. The van der Waals surface area contributed by atoms with Gasteiger partial charge < -0.3 is 0 Å². The topological polar surface area (TPSA) is 20.3 Å². The van der Waals surface area contributed by atoms with E-state index < -0.39 is 0 Å². The summed E-state index contributed by atoms with van der Waals surface area (Å²) in [6.45, 7) is 2.60. The first-order chi connectivity index (χ1) is 4.84. The Morgan fingerprint density at radius 2 is 2.60 bits per heavy atom. The molecule has 10 heavy (non-hydrogen) atoms. The number of amides is 1. The third-order valence-electron chi connectivity index (χ3n) is 1.21. The lowest BCUT2D eigenvalue weighted by Crippen LogP contribution is -2.18. The normalized spacial score (nSPS) is 15.3. The van der Waals surface area contributed by atoms with Gasteiger partial charge in [0.2, 0.25) is 0 Å². The van der Waals surface area contributed by atoms with Crippen molar-refractivity contribution in [3.8, 4) is 12.0 Å².